The Labute approximate surface area is 177 Å². The van der Waals surface area contributed by atoms with Crippen LogP contribution in [0.2, 0.25) is 5.02 Å². The Bertz CT molecular complexity index is 1000. The highest BCUT2D eigenvalue weighted by atomic mass is 35.5. The molecule has 0 aliphatic carbocycles. The van der Waals surface area contributed by atoms with Crippen LogP contribution in [0.1, 0.15) is 41.6 Å². The largest absolute Gasteiger partial charge is 0.486 e. The van der Waals surface area contributed by atoms with Crippen molar-refractivity contribution in [3.8, 4) is 11.5 Å². The molecule has 3 aromatic rings. The third-order valence-corrected chi connectivity index (χ3v) is 4.51. The molecule has 0 aliphatic rings. The van der Waals surface area contributed by atoms with Crippen LogP contribution >= 0.6 is 11.6 Å². The lowest BCUT2D eigenvalue weighted by Gasteiger charge is -2.09. The number of anilines is 1. The predicted molar refractivity (Wildman–Crippen MR) is 110 cm³/mol. The van der Waals surface area contributed by atoms with E-state index in [9.17, 15) is 13.6 Å². The van der Waals surface area contributed by atoms with E-state index < -0.39 is 12.5 Å². The standard InChI is InChI=1S/C22H20ClF2NO4/c1-13(2)14-3-6-16(7-4-14)28-12-17-8-10-20(29-17)21(27)26-15-5-9-19(18(23)11-15)30-22(24)25/h3-11,13,22H,12H2,1-2H3,(H,26,27). The molecule has 0 aliphatic heterocycles. The van der Waals surface area contributed by atoms with Crippen LogP contribution in [0.4, 0.5) is 14.5 Å². The Kier molecular flexibility index (Phi) is 6.95. The van der Waals surface area contributed by atoms with Crippen LogP contribution in [-0.2, 0) is 6.61 Å². The van der Waals surface area contributed by atoms with Crippen LogP contribution in [0, 0.1) is 0 Å². The van der Waals surface area contributed by atoms with Crippen LogP contribution in [0.5, 0.6) is 11.5 Å². The molecular weight excluding hydrogens is 416 g/mol. The third kappa shape index (κ3) is 5.73. The predicted octanol–water partition coefficient (Wildman–Crippen LogP) is 6.49. The minimum absolute atomic E-state index is 0.0508. The van der Waals surface area contributed by atoms with Crippen LogP contribution in [0.25, 0.3) is 0 Å². The topological polar surface area (TPSA) is 60.7 Å². The lowest BCUT2D eigenvalue weighted by atomic mass is 10.0. The van der Waals surface area contributed by atoms with Gasteiger partial charge in [-0.2, -0.15) is 8.78 Å². The van der Waals surface area contributed by atoms with Gasteiger partial charge in [0.1, 0.15) is 23.9 Å². The smallest absolute Gasteiger partial charge is 0.387 e. The second-order valence-corrected chi connectivity index (χ2v) is 7.16. The minimum atomic E-state index is -2.99. The molecule has 0 saturated carbocycles. The van der Waals surface area contributed by atoms with Gasteiger partial charge in [0.25, 0.3) is 5.91 Å². The van der Waals surface area contributed by atoms with E-state index >= 15 is 0 Å². The quantitative estimate of drug-likeness (QED) is 0.439. The van der Waals surface area contributed by atoms with Crippen molar-refractivity contribution in [2.45, 2.75) is 33.0 Å². The first-order valence-corrected chi connectivity index (χ1v) is 9.57. The molecule has 1 N–H and O–H groups in total. The highest BCUT2D eigenvalue weighted by molar-refractivity contribution is 6.32. The minimum Gasteiger partial charge on any atom is -0.486 e. The lowest BCUT2D eigenvalue weighted by Crippen LogP contribution is -2.11. The molecule has 0 bridgehead atoms. The molecule has 5 nitrogen and oxygen atoms in total. The molecule has 0 radical (unpaired) electrons. The van der Waals surface area contributed by atoms with Gasteiger partial charge in [-0.25, -0.2) is 0 Å². The SMILES string of the molecule is CC(C)c1ccc(OCc2ccc(C(=O)Nc3ccc(OC(F)F)c(Cl)c3)o2)cc1. The molecule has 1 aromatic heterocycles. The number of amides is 1. The molecule has 2 aromatic carbocycles. The first kappa shape index (κ1) is 21.6. The second kappa shape index (κ2) is 9.63. The summed E-state index contributed by atoms with van der Waals surface area (Å²) in [5.41, 5.74) is 1.53. The van der Waals surface area contributed by atoms with Crippen molar-refractivity contribution in [1.29, 1.82) is 0 Å². The van der Waals surface area contributed by atoms with E-state index in [1.54, 1.807) is 6.07 Å². The van der Waals surface area contributed by atoms with E-state index in [0.717, 1.165) is 0 Å². The van der Waals surface area contributed by atoms with Crippen molar-refractivity contribution in [3.63, 3.8) is 0 Å². The van der Waals surface area contributed by atoms with E-state index in [2.05, 4.69) is 23.9 Å². The zero-order chi connectivity index (χ0) is 21.7. The zero-order valence-electron chi connectivity index (χ0n) is 16.3. The molecule has 0 unspecified atom stereocenters. The van der Waals surface area contributed by atoms with E-state index in [-0.39, 0.29) is 23.1 Å². The first-order valence-electron chi connectivity index (χ1n) is 9.19. The third-order valence-electron chi connectivity index (χ3n) is 4.22. The van der Waals surface area contributed by atoms with Crippen LogP contribution in [-0.4, -0.2) is 12.5 Å². The average molecular weight is 436 g/mol. The fraction of sp³-hybridized carbons (Fsp3) is 0.227. The van der Waals surface area contributed by atoms with Crippen LogP contribution in [0.15, 0.2) is 59.0 Å². The number of hydrogen-bond donors (Lipinski definition) is 1. The van der Waals surface area contributed by atoms with E-state index in [0.29, 0.717) is 23.1 Å². The molecule has 0 saturated heterocycles. The fourth-order valence-electron chi connectivity index (χ4n) is 2.64. The van der Waals surface area contributed by atoms with Gasteiger partial charge in [0.2, 0.25) is 0 Å². The normalized spacial score (nSPS) is 11.0. The maximum Gasteiger partial charge on any atom is 0.387 e. The van der Waals surface area contributed by atoms with Gasteiger partial charge < -0.3 is 19.2 Å². The van der Waals surface area contributed by atoms with Crippen molar-refractivity contribution in [1.82, 2.24) is 0 Å². The Morgan fingerprint density at radius 2 is 1.83 bits per heavy atom. The molecule has 1 heterocycles. The van der Waals surface area contributed by atoms with Crippen LogP contribution < -0.4 is 14.8 Å². The Hall–Kier alpha value is -3.06. The highest BCUT2D eigenvalue weighted by Gasteiger charge is 2.14. The van der Waals surface area contributed by atoms with Crippen molar-refractivity contribution in [2.75, 3.05) is 5.32 Å². The number of hydrogen-bond acceptors (Lipinski definition) is 4. The summed E-state index contributed by atoms with van der Waals surface area (Å²) in [7, 11) is 0. The maximum absolute atomic E-state index is 12.3. The molecule has 30 heavy (non-hydrogen) atoms. The lowest BCUT2D eigenvalue weighted by molar-refractivity contribution is -0.0497. The number of nitrogens with one attached hydrogen (secondary N) is 1. The maximum atomic E-state index is 12.3. The fourth-order valence-corrected chi connectivity index (χ4v) is 2.87. The number of rotatable bonds is 8. The van der Waals surface area contributed by atoms with Gasteiger partial charge in [0, 0.05) is 5.69 Å². The number of ether oxygens (including phenoxy) is 2. The Morgan fingerprint density at radius 3 is 2.47 bits per heavy atom. The molecule has 1 amide bonds. The molecule has 0 atom stereocenters. The van der Waals surface area contributed by atoms with E-state index in [1.165, 1.54) is 29.8 Å². The number of halogens is 3. The van der Waals surface area contributed by atoms with Gasteiger partial charge in [-0.1, -0.05) is 37.6 Å². The monoisotopic (exact) mass is 435 g/mol. The molecule has 0 spiro atoms. The molecular formula is C22H20ClF2NO4. The van der Waals surface area contributed by atoms with Gasteiger partial charge in [-0.15, -0.1) is 0 Å². The summed E-state index contributed by atoms with van der Waals surface area (Å²) in [4.78, 5) is 12.3. The Morgan fingerprint density at radius 1 is 1.10 bits per heavy atom. The first-order chi connectivity index (χ1) is 14.3. The van der Waals surface area contributed by atoms with Gasteiger partial charge in [-0.3, -0.25) is 4.79 Å². The van der Waals surface area contributed by atoms with Crippen molar-refractivity contribution >= 4 is 23.2 Å². The summed E-state index contributed by atoms with van der Waals surface area (Å²) in [5.74, 6) is 1.000. The van der Waals surface area contributed by atoms with E-state index in [1.807, 2.05) is 24.3 Å². The molecule has 3 rings (SSSR count). The van der Waals surface area contributed by atoms with Gasteiger partial charge in [-0.05, 0) is 53.9 Å². The number of furan rings is 1. The van der Waals surface area contributed by atoms with Crippen molar-refractivity contribution < 1.29 is 27.5 Å². The number of carbonyl (C=O) groups is 1. The zero-order valence-corrected chi connectivity index (χ0v) is 17.1. The van der Waals surface area contributed by atoms with Crippen molar-refractivity contribution in [3.05, 3.63) is 76.7 Å². The van der Waals surface area contributed by atoms with Crippen LogP contribution in [0.3, 0.4) is 0 Å². The summed E-state index contributed by atoms with van der Waals surface area (Å²) in [5, 5.41) is 2.53. The summed E-state index contributed by atoms with van der Waals surface area (Å²) < 4.78 is 40.0. The van der Waals surface area contributed by atoms with E-state index in [4.69, 9.17) is 20.8 Å². The number of benzene rings is 2. The summed E-state index contributed by atoms with van der Waals surface area (Å²) in [6.07, 6.45) is 0. The average Bonchev–Trinajstić information content (AvgIpc) is 3.18. The number of carbonyl (C=O) groups excluding carboxylic acids is 1. The molecule has 8 heteroatoms. The van der Waals surface area contributed by atoms with Gasteiger partial charge in [0.15, 0.2) is 5.76 Å². The molecule has 0 fully saturated rings. The Balaban J connectivity index is 1.57. The summed E-state index contributed by atoms with van der Waals surface area (Å²) >= 11 is 5.88. The summed E-state index contributed by atoms with van der Waals surface area (Å²) in [6, 6.07) is 14.9. The van der Waals surface area contributed by atoms with Gasteiger partial charge >= 0.3 is 6.61 Å². The van der Waals surface area contributed by atoms with Gasteiger partial charge in [0.05, 0.1) is 5.02 Å². The highest BCUT2D eigenvalue weighted by Crippen LogP contribution is 2.29. The second-order valence-electron chi connectivity index (χ2n) is 6.76. The summed E-state index contributed by atoms with van der Waals surface area (Å²) in [6.45, 7) is 1.41. The van der Waals surface area contributed by atoms with Crippen molar-refractivity contribution in [2.24, 2.45) is 0 Å². The molecule has 158 valence electrons. The number of alkyl halides is 2.